The third-order valence-electron chi connectivity index (χ3n) is 2.29. The van der Waals surface area contributed by atoms with Crippen LogP contribution in [0.5, 0.6) is 0 Å². The zero-order valence-corrected chi connectivity index (χ0v) is 9.66. The van der Waals surface area contributed by atoms with Gasteiger partial charge < -0.3 is 10.2 Å². The molecule has 0 aliphatic carbocycles. The molecular formula is C12H17FN2O. The molecule has 0 fully saturated rings. The molecule has 0 unspecified atom stereocenters. The Labute approximate surface area is 95.3 Å². The van der Waals surface area contributed by atoms with Crippen LogP contribution in [0.4, 0.5) is 10.1 Å². The summed E-state index contributed by atoms with van der Waals surface area (Å²) >= 11 is 0. The van der Waals surface area contributed by atoms with Gasteiger partial charge in [0.1, 0.15) is 5.82 Å². The van der Waals surface area contributed by atoms with Crippen LogP contribution in [0.2, 0.25) is 0 Å². The molecule has 88 valence electrons. The molecule has 0 radical (unpaired) electrons. The van der Waals surface area contributed by atoms with E-state index in [0.717, 1.165) is 13.0 Å². The molecule has 16 heavy (non-hydrogen) atoms. The van der Waals surface area contributed by atoms with Gasteiger partial charge in [-0.1, -0.05) is 19.1 Å². The highest BCUT2D eigenvalue weighted by molar-refractivity contribution is 5.94. The minimum absolute atomic E-state index is 0.140. The SMILES string of the molecule is CCCNCC(=O)N(C)c1ccccc1F. The molecule has 1 aromatic carbocycles. The molecule has 0 heterocycles. The van der Waals surface area contributed by atoms with E-state index in [1.54, 1.807) is 25.2 Å². The Kier molecular flexibility index (Phi) is 4.92. The number of nitrogens with one attached hydrogen (secondary N) is 1. The first-order valence-electron chi connectivity index (χ1n) is 5.38. The van der Waals surface area contributed by atoms with E-state index >= 15 is 0 Å². The minimum atomic E-state index is -0.381. The molecule has 4 heteroatoms. The Balaban J connectivity index is 2.60. The van der Waals surface area contributed by atoms with Crippen molar-refractivity contribution >= 4 is 11.6 Å². The van der Waals surface area contributed by atoms with E-state index in [1.165, 1.54) is 11.0 Å². The molecule has 1 amide bonds. The molecule has 0 atom stereocenters. The standard InChI is InChI=1S/C12H17FN2O/c1-3-8-14-9-12(16)15(2)11-7-5-4-6-10(11)13/h4-7,14H,3,8-9H2,1-2H3. The largest absolute Gasteiger partial charge is 0.312 e. The topological polar surface area (TPSA) is 32.3 Å². The fraction of sp³-hybridized carbons (Fsp3) is 0.417. The molecule has 0 spiro atoms. The maximum Gasteiger partial charge on any atom is 0.240 e. The number of benzene rings is 1. The highest BCUT2D eigenvalue weighted by Crippen LogP contribution is 2.16. The predicted molar refractivity (Wildman–Crippen MR) is 63.0 cm³/mol. The summed E-state index contributed by atoms with van der Waals surface area (Å²) in [6.07, 6.45) is 0.969. The lowest BCUT2D eigenvalue weighted by atomic mass is 10.3. The highest BCUT2D eigenvalue weighted by atomic mass is 19.1. The number of para-hydroxylation sites is 1. The summed E-state index contributed by atoms with van der Waals surface area (Å²) in [5, 5.41) is 2.99. The van der Waals surface area contributed by atoms with Crippen LogP contribution in [-0.2, 0) is 4.79 Å². The van der Waals surface area contributed by atoms with Gasteiger partial charge in [-0.25, -0.2) is 4.39 Å². The molecule has 0 bridgehead atoms. The lowest BCUT2D eigenvalue weighted by molar-refractivity contribution is -0.117. The minimum Gasteiger partial charge on any atom is -0.312 e. The molecule has 1 aromatic rings. The van der Waals surface area contributed by atoms with Crippen LogP contribution >= 0.6 is 0 Å². The van der Waals surface area contributed by atoms with Gasteiger partial charge in [-0.05, 0) is 25.1 Å². The van der Waals surface area contributed by atoms with E-state index < -0.39 is 0 Å². The van der Waals surface area contributed by atoms with Gasteiger partial charge in [-0.2, -0.15) is 0 Å². The number of rotatable bonds is 5. The number of hydrogen-bond acceptors (Lipinski definition) is 2. The van der Waals surface area contributed by atoms with Crippen molar-refractivity contribution in [3.05, 3.63) is 30.1 Å². The Bertz CT molecular complexity index is 355. The van der Waals surface area contributed by atoms with Gasteiger partial charge in [0.05, 0.1) is 12.2 Å². The maximum absolute atomic E-state index is 13.4. The number of hydrogen-bond donors (Lipinski definition) is 1. The molecule has 0 aromatic heterocycles. The lowest BCUT2D eigenvalue weighted by Gasteiger charge is -2.18. The van der Waals surface area contributed by atoms with Gasteiger partial charge in [-0.3, -0.25) is 4.79 Å². The quantitative estimate of drug-likeness (QED) is 0.773. The summed E-state index contributed by atoms with van der Waals surface area (Å²) in [6, 6.07) is 6.25. The lowest BCUT2D eigenvalue weighted by Crippen LogP contribution is -2.36. The van der Waals surface area contributed by atoms with E-state index in [4.69, 9.17) is 0 Å². The van der Waals surface area contributed by atoms with Crippen LogP contribution in [-0.4, -0.2) is 26.0 Å². The fourth-order valence-electron chi connectivity index (χ4n) is 1.35. The second-order valence-electron chi connectivity index (χ2n) is 3.58. The van der Waals surface area contributed by atoms with Crippen molar-refractivity contribution in [1.82, 2.24) is 5.32 Å². The molecule has 1 rings (SSSR count). The van der Waals surface area contributed by atoms with Crippen LogP contribution in [0, 0.1) is 5.82 Å². The van der Waals surface area contributed by atoms with E-state index in [0.29, 0.717) is 5.69 Å². The van der Waals surface area contributed by atoms with Gasteiger partial charge in [0.2, 0.25) is 5.91 Å². The second kappa shape index (κ2) is 6.23. The number of carbonyl (C=O) groups is 1. The van der Waals surface area contributed by atoms with Crippen molar-refractivity contribution in [2.45, 2.75) is 13.3 Å². The molecule has 0 saturated heterocycles. The number of carbonyl (C=O) groups excluding carboxylic acids is 1. The predicted octanol–water partition coefficient (Wildman–Crippen LogP) is 1.79. The summed E-state index contributed by atoms with van der Waals surface area (Å²) < 4.78 is 13.4. The van der Waals surface area contributed by atoms with Crippen molar-refractivity contribution in [2.24, 2.45) is 0 Å². The Morgan fingerprint density at radius 3 is 2.75 bits per heavy atom. The van der Waals surface area contributed by atoms with Gasteiger partial charge in [0.25, 0.3) is 0 Å². The molecular weight excluding hydrogens is 207 g/mol. The third-order valence-corrected chi connectivity index (χ3v) is 2.29. The first kappa shape index (κ1) is 12.6. The van der Waals surface area contributed by atoms with Crippen LogP contribution in [0.25, 0.3) is 0 Å². The average Bonchev–Trinajstić information content (AvgIpc) is 2.29. The summed E-state index contributed by atoms with van der Waals surface area (Å²) in [5.74, 6) is -0.521. The van der Waals surface area contributed by atoms with Gasteiger partial charge in [0.15, 0.2) is 0 Å². The van der Waals surface area contributed by atoms with Gasteiger partial charge >= 0.3 is 0 Å². The zero-order chi connectivity index (χ0) is 12.0. The number of likely N-dealkylation sites (N-methyl/N-ethyl adjacent to an activating group) is 1. The number of amides is 1. The molecule has 0 aliphatic rings. The fourth-order valence-corrected chi connectivity index (χ4v) is 1.35. The van der Waals surface area contributed by atoms with Crippen LogP contribution in [0.15, 0.2) is 24.3 Å². The van der Waals surface area contributed by atoms with Crippen molar-refractivity contribution in [1.29, 1.82) is 0 Å². The number of nitrogens with zero attached hydrogens (tertiary/aromatic N) is 1. The number of halogens is 1. The summed E-state index contributed by atoms with van der Waals surface area (Å²) in [4.78, 5) is 13.0. The van der Waals surface area contributed by atoms with Crippen molar-refractivity contribution in [3.8, 4) is 0 Å². The molecule has 1 N–H and O–H groups in total. The Hall–Kier alpha value is -1.42. The normalized spacial score (nSPS) is 10.2. The maximum atomic E-state index is 13.4. The first-order chi connectivity index (χ1) is 7.66. The molecule has 0 aliphatic heterocycles. The monoisotopic (exact) mass is 224 g/mol. The Morgan fingerprint density at radius 2 is 2.12 bits per heavy atom. The van der Waals surface area contributed by atoms with Crippen LogP contribution in [0.1, 0.15) is 13.3 Å². The second-order valence-corrected chi connectivity index (χ2v) is 3.58. The van der Waals surface area contributed by atoms with E-state index in [1.807, 2.05) is 6.92 Å². The van der Waals surface area contributed by atoms with Crippen molar-refractivity contribution < 1.29 is 9.18 Å². The highest BCUT2D eigenvalue weighted by Gasteiger charge is 2.13. The molecule has 3 nitrogen and oxygen atoms in total. The zero-order valence-electron chi connectivity index (χ0n) is 9.66. The van der Waals surface area contributed by atoms with E-state index in [-0.39, 0.29) is 18.3 Å². The van der Waals surface area contributed by atoms with Crippen molar-refractivity contribution in [2.75, 3.05) is 25.0 Å². The van der Waals surface area contributed by atoms with Crippen molar-refractivity contribution in [3.63, 3.8) is 0 Å². The Morgan fingerprint density at radius 1 is 1.44 bits per heavy atom. The number of anilines is 1. The van der Waals surface area contributed by atoms with E-state index in [2.05, 4.69) is 5.32 Å². The summed E-state index contributed by atoms with van der Waals surface area (Å²) in [5.41, 5.74) is 0.311. The smallest absolute Gasteiger partial charge is 0.240 e. The average molecular weight is 224 g/mol. The molecule has 0 saturated carbocycles. The van der Waals surface area contributed by atoms with Crippen LogP contribution < -0.4 is 10.2 Å². The van der Waals surface area contributed by atoms with Gasteiger partial charge in [-0.15, -0.1) is 0 Å². The third kappa shape index (κ3) is 3.31. The summed E-state index contributed by atoms with van der Waals surface area (Å²) in [6.45, 7) is 3.05. The summed E-state index contributed by atoms with van der Waals surface area (Å²) in [7, 11) is 1.58. The van der Waals surface area contributed by atoms with E-state index in [9.17, 15) is 9.18 Å². The van der Waals surface area contributed by atoms with Crippen LogP contribution in [0.3, 0.4) is 0 Å². The van der Waals surface area contributed by atoms with Gasteiger partial charge in [0, 0.05) is 7.05 Å². The first-order valence-corrected chi connectivity index (χ1v) is 5.38.